The van der Waals surface area contributed by atoms with Crippen molar-refractivity contribution in [3.63, 3.8) is 0 Å². The van der Waals surface area contributed by atoms with Gasteiger partial charge in [-0.25, -0.2) is 8.42 Å². The number of aromatic nitrogens is 2. The highest BCUT2D eigenvalue weighted by Gasteiger charge is 2.37. The quantitative estimate of drug-likeness (QED) is 0.869. The number of piperidine rings is 1. The Labute approximate surface area is 114 Å². The Kier molecular flexibility index (Phi) is 3.72. The molecule has 0 radical (unpaired) electrons. The molecule has 2 atom stereocenters. The summed E-state index contributed by atoms with van der Waals surface area (Å²) in [6.07, 6.45) is 1.38. The molecule has 0 spiro atoms. The molecule has 1 fully saturated rings. The van der Waals surface area contributed by atoms with Gasteiger partial charge in [0.25, 0.3) is 0 Å². The summed E-state index contributed by atoms with van der Waals surface area (Å²) in [5.74, 6) is 0.181. The van der Waals surface area contributed by atoms with Crippen molar-refractivity contribution in [2.75, 3.05) is 6.54 Å². The third-order valence-corrected chi connectivity index (χ3v) is 6.11. The smallest absolute Gasteiger partial charge is 0.248 e. The molecule has 1 aliphatic heterocycles. The standard InChI is InChI=1S/C12H22N4O2S/c1-8-6-5-7-16(12(8)13)19(17,18)11-9(2)14-15(4)10(11)3/h8,12H,5-7,13H2,1-4H3. The molecule has 1 aromatic heterocycles. The van der Waals surface area contributed by atoms with E-state index >= 15 is 0 Å². The van der Waals surface area contributed by atoms with Gasteiger partial charge in [-0.1, -0.05) is 6.92 Å². The molecule has 2 rings (SSSR count). The number of hydrogen-bond donors (Lipinski definition) is 1. The molecule has 108 valence electrons. The Hall–Kier alpha value is -0.920. The van der Waals surface area contributed by atoms with Crippen LogP contribution >= 0.6 is 0 Å². The fraction of sp³-hybridized carbons (Fsp3) is 0.750. The number of aryl methyl sites for hydroxylation is 2. The number of rotatable bonds is 2. The van der Waals surface area contributed by atoms with Gasteiger partial charge in [0.05, 0.1) is 17.6 Å². The molecule has 2 N–H and O–H groups in total. The fourth-order valence-electron chi connectivity index (χ4n) is 2.70. The molecular weight excluding hydrogens is 264 g/mol. The lowest BCUT2D eigenvalue weighted by molar-refractivity contribution is 0.192. The second-order valence-electron chi connectivity index (χ2n) is 5.35. The van der Waals surface area contributed by atoms with E-state index in [1.165, 1.54) is 4.31 Å². The van der Waals surface area contributed by atoms with Crippen LogP contribution in [-0.4, -0.2) is 35.2 Å². The first-order valence-corrected chi connectivity index (χ1v) is 7.98. The van der Waals surface area contributed by atoms with Gasteiger partial charge >= 0.3 is 0 Å². The van der Waals surface area contributed by atoms with Crippen molar-refractivity contribution in [1.29, 1.82) is 0 Å². The Morgan fingerprint density at radius 3 is 2.53 bits per heavy atom. The topological polar surface area (TPSA) is 81.2 Å². The Balaban J connectivity index is 2.48. The van der Waals surface area contributed by atoms with Crippen LogP contribution in [0.4, 0.5) is 0 Å². The summed E-state index contributed by atoms with van der Waals surface area (Å²) < 4.78 is 28.6. The molecule has 2 heterocycles. The van der Waals surface area contributed by atoms with Crippen LogP contribution in [0, 0.1) is 19.8 Å². The van der Waals surface area contributed by atoms with Gasteiger partial charge in [0.1, 0.15) is 4.90 Å². The third-order valence-electron chi connectivity index (χ3n) is 3.96. The van der Waals surface area contributed by atoms with Crippen molar-refractivity contribution in [2.45, 2.75) is 44.7 Å². The van der Waals surface area contributed by atoms with Gasteiger partial charge in [0, 0.05) is 13.6 Å². The Morgan fingerprint density at radius 2 is 2.00 bits per heavy atom. The molecule has 0 amide bonds. The first-order chi connectivity index (χ1) is 8.76. The van der Waals surface area contributed by atoms with Gasteiger partial charge in [-0.15, -0.1) is 0 Å². The van der Waals surface area contributed by atoms with Crippen molar-refractivity contribution in [3.8, 4) is 0 Å². The van der Waals surface area contributed by atoms with Crippen LogP contribution in [0.3, 0.4) is 0 Å². The average molecular weight is 286 g/mol. The zero-order chi connectivity index (χ0) is 14.4. The summed E-state index contributed by atoms with van der Waals surface area (Å²) in [6.45, 7) is 5.97. The van der Waals surface area contributed by atoms with Crippen LogP contribution in [0.2, 0.25) is 0 Å². The van der Waals surface area contributed by atoms with Gasteiger partial charge in [-0.3, -0.25) is 4.68 Å². The van der Waals surface area contributed by atoms with Crippen LogP contribution < -0.4 is 5.73 Å². The number of nitrogens with two attached hydrogens (primary N) is 1. The van der Waals surface area contributed by atoms with E-state index in [4.69, 9.17) is 5.73 Å². The molecule has 0 aromatic carbocycles. The lowest BCUT2D eigenvalue weighted by atomic mass is 9.99. The molecule has 1 saturated heterocycles. The molecular formula is C12H22N4O2S. The molecule has 0 bridgehead atoms. The van der Waals surface area contributed by atoms with Gasteiger partial charge in [-0.2, -0.15) is 9.40 Å². The van der Waals surface area contributed by atoms with E-state index in [0.29, 0.717) is 22.8 Å². The number of sulfonamides is 1. The number of nitrogens with zero attached hydrogens (tertiary/aromatic N) is 3. The summed E-state index contributed by atoms with van der Waals surface area (Å²) in [5.41, 5.74) is 7.26. The van der Waals surface area contributed by atoms with Crippen molar-refractivity contribution in [2.24, 2.45) is 18.7 Å². The van der Waals surface area contributed by atoms with E-state index in [0.717, 1.165) is 12.8 Å². The molecule has 19 heavy (non-hydrogen) atoms. The second kappa shape index (κ2) is 4.88. The summed E-state index contributed by atoms with van der Waals surface area (Å²) in [7, 11) is -1.81. The number of hydrogen-bond acceptors (Lipinski definition) is 4. The molecule has 1 aromatic rings. The van der Waals surface area contributed by atoms with E-state index in [-0.39, 0.29) is 5.92 Å². The van der Waals surface area contributed by atoms with Crippen LogP contribution in [-0.2, 0) is 17.1 Å². The van der Waals surface area contributed by atoms with Crippen LogP contribution in [0.5, 0.6) is 0 Å². The molecule has 0 aliphatic carbocycles. The minimum absolute atomic E-state index is 0.181. The molecule has 1 aliphatic rings. The van der Waals surface area contributed by atoms with E-state index in [2.05, 4.69) is 5.10 Å². The Morgan fingerprint density at radius 1 is 1.37 bits per heavy atom. The highest BCUT2D eigenvalue weighted by molar-refractivity contribution is 7.89. The summed E-state index contributed by atoms with van der Waals surface area (Å²) in [6, 6.07) is 0. The van der Waals surface area contributed by atoms with Crippen LogP contribution in [0.15, 0.2) is 4.90 Å². The van der Waals surface area contributed by atoms with E-state index in [1.54, 1.807) is 25.6 Å². The lowest BCUT2D eigenvalue weighted by Gasteiger charge is -2.36. The third kappa shape index (κ3) is 2.30. The predicted octanol–water partition coefficient (Wildman–Crippen LogP) is 0.742. The molecule has 6 nitrogen and oxygen atoms in total. The molecule has 0 saturated carbocycles. The predicted molar refractivity (Wildman–Crippen MR) is 72.9 cm³/mol. The van der Waals surface area contributed by atoms with Crippen LogP contribution in [0.25, 0.3) is 0 Å². The van der Waals surface area contributed by atoms with Gasteiger partial charge < -0.3 is 5.73 Å². The molecule has 2 unspecified atom stereocenters. The zero-order valence-electron chi connectivity index (χ0n) is 11.9. The monoisotopic (exact) mass is 286 g/mol. The second-order valence-corrected chi connectivity index (χ2v) is 7.18. The fourth-order valence-corrected chi connectivity index (χ4v) is 4.75. The van der Waals surface area contributed by atoms with E-state index in [9.17, 15) is 8.42 Å². The SMILES string of the molecule is Cc1nn(C)c(C)c1S(=O)(=O)N1CCCC(C)C1N. The van der Waals surface area contributed by atoms with Gasteiger partial charge in [0.15, 0.2) is 0 Å². The summed E-state index contributed by atoms with van der Waals surface area (Å²) in [4.78, 5) is 0.305. The normalized spacial score (nSPS) is 25.7. The van der Waals surface area contributed by atoms with Gasteiger partial charge in [-0.05, 0) is 32.6 Å². The van der Waals surface area contributed by atoms with Gasteiger partial charge in [0.2, 0.25) is 10.0 Å². The lowest BCUT2D eigenvalue weighted by Crippen LogP contribution is -2.52. The average Bonchev–Trinajstić information content (AvgIpc) is 2.57. The maximum Gasteiger partial charge on any atom is 0.248 e. The Bertz CT molecular complexity index is 579. The van der Waals surface area contributed by atoms with E-state index < -0.39 is 16.2 Å². The first-order valence-electron chi connectivity index (χ1n) is 6.54. The minimum Gasteiger partial charge on any atom is -0.315 e. The largest absolute Gasteiger partial charge is 0.315 e. The maximum absolute atomic E-state index is 12.8. The maximum atomic E-state index is 12.8. The van der Waals surface area contributed by atoms with Crippen molar-refractivity contribution in [3.05, 3.63) is 11.4 Å². The minimum atomic E-state index is -3.56. The van der Waals surface area contributed by atoms with Crippen LogP contribution in [0.1, 0.15) is 31.2 Å². The van der Waals surface area contributed by atoms with Crippen molar-refractivity contribution in [1.82, 2.24) is 14.1 Å². The zero-order valence-corrected chi connectivity index (χ0v) is 12.7. The highest BCUT2D eigenvalue weighted by Crippen LogP contribution is 2.29. The molecule has 7 heteroatoms. The van der Waals surface area contributed by atoms with Crippen molar-refractivity contribution < 1.29 is 8.42 Å². The summed E-state index contributed by atoms with van der Waals surface area (Å²) >= 11 is 0. The first kappa shape index (κ1) is 14.5. The highest BCUT2D eigenvalue weighted by atomic mass is 32.2. The summed E-state index contributed by atoms with van der Waals surface area (Å²) in [5, 5.41) is 4.19. The van der Waals surface area contributed by atoms with Crippen molar-refractivity contribution >= 4 is 10.0 Å². The van der Waals surface area contributed by atoms with E-state index in [1.807, 2.05) is 6.92 Å².